The van der Waals surface area contributed by atoms with Crippen molar-refractivity contribution in [2.24, 2.45) is 0 Å². The van der Waals surface area contributed by atoms with Crippen LogP contribution < -0.4 is 5.32 Å². The standard InChI is InChI=1S/C11H13F3IN5O3/c12-11(13,14)9-18-17-7-5-19(1-2-20(7)9)8(21)3-6(4-15)16-10(22)23/h6,16H,1-5H2,(H,22,23). The summed E-state index contributed by atoms with van der Waals surface area (Å²) < 4.78 is 39.6. The molecule has 2 rings (SSSR count). The van der Waals surface area contributed by atoms with Crippen molar-refractivity contribution < 1.29 is 27.9 Å². The highest BCUT2D eigenvalue weighted by atomic mass is 127. The third-order valence-electron chi connectivity index (χ3n) is 3.29. The molecule has 2 amide bonds. The van der Waals surface area contributed by atoms with Gasteiger partial charge in [-0.3, -0.25) is 4.79 Å². The minimum atomic E-state index is -4.59. The van der Waals surface area contributed by atoms with Crippen LogP contribution in [-0.4, -0.2) is 53.8 Å². The molecule has 0 radical (unpaired) electrons. The van der Waals surface area contributed by atoms with E-state index in [4.69, 9.17) is 5.11 Å². The number of nitrogens with zero attached hydrogens (tertiary/aromatic N) is 4. The zero-order chi connectivity index (χ0) is 17.2. The van der Waals surface area contributed by atoms with Gasteiger partial charge in [0.2, 0.25) is 11.7 Å². The maximum Gasteiger partial charge on any atom is 0.451 e. The van der Waals surface area contributed by atoms with Crippen molar-refractivity contribution in [3.63, 3.8) is 0 Å². The largest absolute Gasteiger partial charge is 0.465 e. The van der Waals surface area contributed by atoms with Crippen molar-refractivity contribution in [1.82, 2.24) is 25.0 Å². The van der Waals surface area contributed by atoms with E-state index in [-0.39, 0.29) is 37.8 Å². The molecule has 0 saturated carbocycles. The third kappa shape index (κ3) is 4.23. The molecule has 1 aliphatic heterocycles. The van der Waals surface area contributed by atoms with Crippen molar-refractivity contribution in [2.45, 2.75) is 31.7 Å². The molecule has 0 aromatic carbocycles. The topological polar surface area (TPSA) is 100 Å². The van der Waals surface area contributed by atoms with E-state index in [9.17, 15) is 22.8 Å². The Morgan fingerprint density at radius 3 is 2.61 bits per heavy atom. The van der Waals surface area contributed by atoms with Gasteiger partial charge in [0.05, 0.1) is 6.54 Å². The number of carbonyl (C=O) groups is 2. The van der Waals surface area contributed by atoms with Gasteiger partial charge < -0.3 is 19.9 Å². The first kappa shape index (κ1) is 17.7. The lowest BCUT2D eigenvalue weighted by molar-refractivity contribution is -0.148. The molecular formula is C11H13F3IN5O3. The molecule has 1 aliphatic rings. The summed E-state index contributed by atoms with van der Waals surface area (Å²) in [5.74, 6) is -1.35. The lowest BCUT2D eigenvalue weighted by Crippen LogP contribution is -2.44. The summed E-state index contributed by atoms with van der Waals surface area (Å²) in [6.07, 6.45) is -5.88. The van der Waals surface area contributed by atoms with E-state index >= 15 is 0 Å². The van der Waals surface area contributed by atoms with E-state index in [1.807, 2.05) is 22.6 Å². The second-order valence-electron chi connectivity index (χ2n) is 4.91. The summed E-state index contributed by atoms with van der Waals surface area (Å²) >= 11 is 1.95. The molecule has 1 aromatic heterocycles. The molecule has 0 aliphatic carbocycles. The number of rotatable bonds is 4. The fraction of sp³-hybridized carbons (Fsp3) is 0.636. The van der Waals surface area contributed by atoms with E-state index in [1.165, 1.54) is 4.90 Å². The van der Waals surface area contributed by atoms with Crippen LogP contribution in [0.3, 0.4) is 0 Å². The van der Waals surface area contributed by atoms with Crippen molar-refractivity contribution in [3.05, 3.63) is 11.6 Å². The van der Waals surface area contributed by atoms with Gasteiger partial charge in [0, 0.05) is 30.0 Å². The van der Waals surface area contributed by atoms with E-state index < -0.39 is 24.1 Å². The van der Waals surface area contributed by atoms with Gasteiger partial charge in [0.1, 0.15) is 0 Å². The fourth-order valence-corrected chi connectivity index (χ4v) is 2.77. The highest BCUT2D eigenvalue weighted by Crippen LogP contribution is 2.29. The summed E-state index contributed by atoms with van der Waals surface area (Å²) in [6.45, 7) is -0.0406. The number of carboxylic acid groups (broad SMARTS) is 1. The Bertz CT molecular complexity index is 606. The van der Waals surface area contributed by atoms with E-state index in [0.717, 1.165) is 4.57 Å². The summed E-state index contributed by atoms with van der Waals surface area (Å²) in [5, 5.41) is 17.5. The maximum atomic E-state index is 12.7. The number of nitrogens with one attached hydrogen (secondary N) is 1. The molecule has 23 heavy (non-hydrogen) atoms. The molecular weight excluding hydrogens is 434 g/mol. The number of aromatic nitrogens is 3. The third-order valence-corrected chi connectivity index (χ3v) is 4.36. The zero-order valence-corrected chi connectivity index (χ0v) is 13.8. The van der Waals surface area contributed by atoms with E-state index in [1.54, 1.807) is 0 Å². The summed E-state index contributed by atoms with van der Waals surface area (Å²) in [4.78, 5) is 24.1. The minimum absolute atomic E-state index is 0.0514. The Balaban J connectivity index is 2.03. The molecule has 8 nitrogen and oxygen atoms in total. The molecule has 0 spiro atoms. The summed E-state index contributed by atoms with van der Waals surface area (Å²) in [7, 11) is 0. The number of hydrogen-bond donors (Lipinski definition) is 2. The first-order valence-corrected chi connectivity index (χ1v) is 8.07. The molecule has 2 heterocycles. The van der Waals surface area contributed by atoms with Crippen molar-refractivity contribution in [3.8, 4) is 0 Å². The monoisotopic (exact) mass is 447 g/mol. The second-order valence-corrected chi connectivity index (χ2v) is 5.79. The van der Waals surface area contributed by atoms with Gasteiger partial charge in [-0.2, -0.15) is 13.2 Å². The Labute approximate surface area is 142 Å². The maximum absolute atomic E-state index is 12.7. The van der Waals surface area contributed by atoms with Gasteiger partial charge >= 0.3 is 12.3 Å². The molecule has 2 N–H and O–H groups in total. The van der Waals surface area contributed by atoms with Gasteiger partial charge in [-0.05, 0) is 0 Å². The number of carbonyl (C=O) groups excluding carboxylic acids is 1. The van der Waals surface area contributed by atoms with Crippen LogP contribution in [0.2, 0.25) is 0 Å². The van der Waals surface area contributed by atoms with E-state index in [2.05, 4.69) is 15.5 Å². The van der Waals surface area contributed by atoms with Gasteiger partial charge in [-0.25, -0.2) is 4.79 Å². The van der Waals surface area contributed by atoms with Gasteiger partial charge in [0.15, 0.2) is 5.82 Å². The molecule has 1 aromatic rings. The second kappa shape index (κ2) is 6.88. The number of amides is 2. The average Bonchev–Trinajstić information content (AvgIpc) is 2.88. The van der Waals surface area contributed by atoms with Crippen molar-refractivity contribution >= 4 is 34.6 Å². The molecule has 0 bridgehead atoms. The lowest BCUT2D eigenvalue weighted by atomic mass is 10.2. The van der Waals surface area contributed by atoms with Gasteiger partial charge in [0.25, 0.3) is 0 Å². The normalized spacial score (nSPS) is 15.9. The smallest absolute Gasteiger partial charge is 0.451 e. The van der Waals surface area contributed by atoms with Crippen LogP contribution in [-0.2, 0) is 24.1 Å². The zero-order valence-electron chi connectivity index (χ0n) is 11.7. The molecule has 1 atom stereocenters. The quantitative estimate of drug-likeness (QED) is 0.532. The summed E-state index contributed by atoms with van der Waals surface area (Å²) in [5.41, 5.74) is 0. The summed E-state index contributed by atoms with van der Waals surface area (Å²) in [6, 6.07) is -0.550. The van der Waals surface area contributed by atoms with Gasteiger partial charge in [-0.15, -0.1) is 10.2 Å². The molecule has 12 heteroatoms. The predicted octanol–water partition coefficient (Wildman–Crippen LogP) is 1.10. The number of halogens is 4. The SMILES string of the molecule is O=C(O)NC(CI)CC(=O)N1CCn2c(nnc2C(F)(F)F)C1. The number of hydrogen-bond acceptors (Lipinski definition) is 4. The van der Waals surface area contributed by atoms with Crippen LogP contribution in [0.4, 0.5) is 18.0 Å². The Morgan fingerprint density at radius 2 is 2.04 bits per heavy atom. The first-order chi connectivity index (χ1) is 10.7. The number of fused-ring (bicyclic) bond motifs is 1. The Kier molecular flexibility index (Phi) is 5.31. The fourth-order valence-electron chi connectivity index (χ4n) is 2.24. The highest BCUT2D eigenvalue weighted by molar-refractivity contribution is 14.1. The van der Waals surface area contributed by atoms with Crippen LogP contribution in [0, 0.1) is 0 Å². The van der Waals surface area contributed by atoms with Crippen LogP contribution in [0.25, 0.3) is 0 Å². The molecule has 0 fully saturated rings. The lowest BCUT2D eigenvalue weighted by Gasteiger charge is -2.29. The Morgan fingerprint density at radius 1 is 1.35 bits per heavy atom. The molecule has 1 unspecified atom stereocenters. The number of alkyl halides is 4. The molecule has 0 saturated heterocycles. The van der Waals surface area contributed by atoms with Gasteiger partial charge in [-0.1, -0.05) is 22.6 Å². The van der Waals surface area contributed by atoms with E-state index in [0.29, 0.717) is 4.43 Å². The van der Waals surface area contributed by atoms with Crippen LogP contribution in [0.1, 0.15) is 18.1 Å². The van der Waals surface area contributed by atoms with Crippen LogP contribution in [0.5, 0.6) is 0 Å². The molecule has 128 valence electrons. The first-order valence-electron chi connectivity index (χ1n) is 6.55. The minimum Gasteiger partial charge on any atom is -0.465 e. The average molecular weight is 447 g/mol. The van der Waals surface area contributed by atoms with Crippen molar-refractivity contribution in [2.75, 3.05) is 11.0 Å². The van der Waals surface area contributed by atoms with Crippen LogP contribution >= 0.6 is 22.6 Å². The van der Waals surface area contributed by atoms with Crippen LogP contribution in [0.15, 0.2) is 0 Å². The predicted molar refractivity (Wildman–Crippen MR) is 78.9 cm³/mol. The van der Waals surface area contributed by atoms with Crippen molar-refractivity contribution in [1.29, 1.82) is 0 Å². The Hall–Kier alpha value is -1.60. The highest BCUT2D eigenvalue weighted by Gasteiger charge is 2.40.